The molecule has 178 valence electrons. The van der Waals surface area contributed by atoms with Crippen molar-refractivity contribution in [3.05, 3.63) is 50.0 Å². The number of piperidine rings is 1. The van der Waals surface area contributed by atoms with Crippen LogP contribution in [0.25, 0.3) is 0 Å². The number of aromatic nitrogens is 1. The number of carbonyl (C=O) groups excluding carboxylic acids is 2. The van der Waals surface area contributed by atoms with Crippen molar-refractivity contribution in [3.8, 4) is 0 Å². The van der Waals surface area contributed by atoms with Gasteiger partial charge in [-0.3, -0.25) is 24.6 Å². The SMILES string of the molecule is CC1CCN(Cc2csc(NC(=O)C(NC(=O)c3ccc([N+](=O)[O-])cc3Cl)C(C)C)n2)CC1. The standard InChI is InChI=1S/C22H28ClN5O4S/c1-13(2)19(25-20(29)17-5-4-16(28(31)32)10-18(17)23)21(30)26-22-24-15(12-33-22)11-27-8-6-14(3)7-9-27/h4-5,10,12-14,19H,6-9,11H2,1-3H3,(H,25,29)(H,24,26,30). The van der Waals surface area contributed by atoms with E-state index in [1.54, 1.807) is 0 Å². The molecule has 0 bridgehead atoms. The fraction of sp³-hybridized carbons (Fsp3) is 0.500. The van der Waals surface area contributed by atoms with Gasteiger partial charge in [-0.15, -0.1) is 11.3 Å². The first kappa shape index (κ1) is 25.1. The fourth-order valence-corrected chi connectivity index (χ4v) is 4.59. The maximum absolute atomic E-state index is 12.9. The second-order valence-electron chi connectivity index (χ2n) is 8.71. The summed E-state index contributed by atoms with van der Waals surface area (Å²) in [5.41, 5.74) is 0.758. The van der Waals surface area contributed by atoms with Crippen LogP contribution in [0, 0.1) is 22.0 Å². The molecular weight excluding hydrogens is 466 g/mol. The average Bonchev–Trinajstić information content (AvgIpc) is 3.19. The molecule has 2 heterocycles. The zero-order chi connectivity index (χ0) is 24.1. The third-order valence-corrected chi connectivity index (χ3v) is 6.81. The Kier molecular flexibility index (Phi) is 8.39. The largest absolute Gasteiger partial charge is 0.340 e. The van der Waals surface area contributed by atoms with E-state index in [1.165, 1.54) is 36.3 Å². The lowest BCUT2D eigenvalue weighted by molar-refractivity contribution is -0.384. The predicted molar refractivity (Wildman–Crippen MR) is 129 cm³/mol. The number of nitro groups is 1. The van der Waals surface area contributed by atoms with Crippen molar-refractivity contribution >= 4 is 45.6 Å². The van der Waals surface area contributed by atoms with Crippen LogP contribution in [0.2, 0.25) is 5.02 Å². The molecule has 2 aromatic rings. The number of non-ortho nitro benzene ring substituents is 1. The molecule has 1 aliphatic heterocycles. The lowest BCUT2D eigenvalue weighted by Crippen LogP contribution is -2.47. The summed E-state index contributed by atoms with van der Waals surface area (Å²) >= 11 is 7.40. The number of likely N-dealkylation sites (tertiary alicyclic amines) is 1. The molecule has 1 aliphatic rings. The minimum atomic E-state index is -0.834. The van der Waals surface area contributed by atoms with Gasteiger partial charge in [-0.1, -0.05) is 32.4 Å². The number of nitrogens with one attached hydrogen (secondary N) is 2. The monoisotopic (exact) mass is 493 g/mol. The number of amides is 2. The Morgan fingerprint density at radius 2 is 2.03 bits per heavy atom. The summed E-state index contributed by atoms with van der Waals surface area (Å²) < 4.78 is 0. The highest BCUT2D eigenvalue weighted by Crippen LogP contribution is 2.24. The fourth-order valence-electron chi connectivity index (χ4n) is 3.63. The van der Waals surface area contributed by atoms with E-state index in [0.29, 0.717) is 5.13 Å². The van der Waals surface area contributed by atoms with E-state index >= 15 is 0 Å². The quantitative estimate of drug-likeness (QED) is 0.417. The lowest BCUT2D eigenvalue weighted by Gasteiger charge is -2.29. The first-order valence-electron chi connectivity index (χ1n) is 10.9. The molecule has 33 heavy (non-hydrogen) atoms. The van der Waals surface area contributed by atoms with E-state index < -0.39 is 16.9 Å². The summed E-state index contributed by atoms with van der Waals surface area (Å²) in [7, 11) is 0. The molecule has 0 spiro atoms. The van der Waals surface area contributed by atoms with Crippen LogP contribution in [0.1, 0.15) is 49.7 Å². The summed E-state index contributed by atoms with van der Waals surface area (Å²) in [5.74, 6) is -0.414. The second kappa shape index (κ2) is 11.0. The Balaban J connectivity index is 1.62. The van der Waals surface area contributed by atoms with Crippen LogP contribution in [0.3, 0.4) is 0 Å². The van der Waals surface area contributed by atoms with Crippen molar-refractivity contribution < 1.29 is 14.5 Å². The molecule has 1 fully saturated rings. The number of nitrogens with zero attached hydrogens (tertiary/aromatic N) is 3. The number of anilines is 1. The molecule has 1 aromatic carbocycles. The van der Waals surface area contributed by atoms with Crippen molar-refractivity contribution in [1.29, 1.82) is 0 Å². The Bertz CT molecular complexity index is 1020. The number of hydrogen-bond acceptors (Lipinski definition) is 7. The zero-order valence-corrected chi connectivity index (χ0v) is 20.4. The van der Waals surface area contributed by atoms with Crippen LogP contribution in [-0.4, -0.2) is 45.8 Å². The summed E-state index contributed by atoms with van der Waals surface area (Å²) in [6.45, 7) is 8.74. The molecule has 1 saturated heterocycles. The third kappa shape index (κ3) is 6.72. The molecule has 1 atom stereocenters. The Labute approximate surface area is 201 Å². The maximum atomic E-state index is 12.9. The summed E-state index contributed by atoms with van der Waals surface area (Å²) in [6.07, 6.45) is 2.37. The molecule has 0 aliphatic carbocycles. The summed E-state index contributed by atoms with van der Waals surface area (Å²) in [6, 6.07) is 2.76. The van der Waals surface area contributed by atoms with Gasteiger partial charge < -0.3 is 10.6 Å². The van der Waals surface area contributed by atoms with E-state index in [9.17, 15) is 19.7 Å². The predicted octanol–water partition coefficient (Wildman–Crippen LogP) is 4.33. The first-order chi connectivity index (χ1) is 15.6. The smallest absolute Gasteiger partial charge is 0.270 e. The van der Waals surface area contributed by atoms with Gasteiger partial charge in [0.05, 0.1) is 21.2 Å². The number of hydrogen-bond donors (Lipinski definition) is 2. The van der Waals surface area contributed by atoms with Gasteiger partial charge in [-0.25, -0.2) is 4.98 Å². The van der Waals surface area contributed by atoms with Gasteiger partial charge in [0.1, 0.15) is 6.04 Å². The van der Waals surface area contributed by atoms with Crippen molar-refractivity contribution in [3.63, 3.8) is 0 Å². The van der Waals surface area contributed by atoms with Gasteiger partial charge in [-0.05, 0) is 43.8 Å². The van der Waals surface area contributed by atoms with Crippen LogP contribution in [0.5, 0.6) is 0 Å². The highest BCUT2D eigenvalue weighted by molar-refractivity contribution is 7.13. The van der Waals surface area contributed by atoms with E-state index in [-0.39, 0.29) is 28.1 Å². The molecule has 1 aromatic heterocycles. The number of carbonyl (C=O) groups is 2. The topological polar surface area (TPSA) is 117 Å². The first-order valence-corrected chi connectivity index (χ1v) is 12.1. The molecule has 3 rings (SSSR count). The van der Waals surface area contributed by atoms with Crippen LogP contribution in [-0.2, 0) is 11.3 Å². The van der Waals surface area contributed by atoms with Crippen molar-refractivity contribution in [2.24, 2.45) is 11.8 Å². The maximum Gasteiger partial charge on any atom is 0.270 e. The van der Waals surface area contributed by atoms with Gasteiger partial charge >= 0.3 is 0 Å². The molecule has 9 nitrogen and oxygen atoms in total. The Hall–Kier alpha value is -2.56. The van der Waals surface area contributed by atoms with E-state index in [0.717, 1.165) is 37.3 Å². The van der Waals surface area contributed by atoms with E-state index in [2.05, 4.69) is 27.4 Å². The van der Waals surface area contributed by atoms with E-state index in [4.69, 9.17) is 11.6 Å². The number of halogens is 1. The average molecular weight is 494 g/mol. The minimum Gasteiger partial charge on any atom is -0.340 e. The van der Waals surface area contributed by atoms with Gasteiger partial charge in [0, 0.05) is 24.1 Å². The van der Waals surface area contributed by atoms with E-state index in [1.807, 2.05) is 19.2 Å². The molecule has 2 N–H and O–H groups in total. The van der Waals surface area contributed by atoms with Gasteiger partial charge in [0.25, 0.3) is 11.6 Å². The zero-order valence-electron chi connectivity index (χ0n) is 18.8. The highest BCUT2D eigenvalue weighted by Gasteiger charge is 2.27. The molecular formula is C22H28ClN5O4S. The highest BCUT2D eigenvalue weighted by atomic mass is 35.5. The van der Waals surface area contributed by atoms with Gasteiger partial charge in [0.2, 0.25) is 5.91 Å². The summed E-state index contributed by atoms with van der Waals surface area (Å²) in [4.78, 5) is 42.8. The third-order valence-electron chi connectivity index (χ3n) is 5.69. The number of thiazole rings is 1. The Morgan fingerprint density at radius 1 is 1.33 bits per heavy atom. The van der Waals surface area contributed by atoms with Crippen molar-refractivity contribution in [1.82, 2.24) is 15.2 Å². The normalized spacial score (nSPS) is 15.9. The second-order valence-corrected chi connectivity index (χ2v) is 9.97. The number of nitro benzene ring substituents is 1. The Morgan fingerprint density at radius 3 is 2.64 bits per heavy atom. The van der Waals surface area contributed by atoms with Crippen LogP contribution < -0.4 is 10.6 Å². The van der Waals surface area contributed by atoms with Crippen molar-refractivity contribution in [2.45, 2.75) is 46.2 Å². The number of benzene rings is 1. The van der Waals surface area contributed by atoms with Gasteiger partial charge in [0.15, 0.2) is 5.13 Å². The molecule has 2 amide bonds. The molecule has 0 radical (unpaired) electrons. The minimum absolute atomic E-state index is 0.0544. The van der Waals surface area contributed by atoms with Crippen molar-refractivity contribution in [2.75, 3.05) is 18.4 Å². The summed E-state index contributed by atoms with van der Waals surface area (Å²) in [5, 5.41) is 18.7. The number of rotatable bonds is 8. The molecule has 11 heteroatoms. The van der Waals surface area contributed by atoms with Crippen LogP contribution in [0.4, 0.5) is 10.8 Å². The lowest BCUT2D eigenvalue weighted by atomic mass is 9.99. The molecule has 1 unspecified atom stereocenters. The van der Waals surface area contributed by atoms with Crippen LogP contribution >= 0.6 is 22.9 Å². The molecule has 0 saturated carbocycles. The van der Waals surface area contributed by atoms with Crippen LogP contribution in [0.15, 0.2) is 23.6 Å². The van der Waals surface area contributed by atoms with Gasteiger partial charge in [-0.2, -0.15) is 0 Å².